The van der Waals surface area contributed by atoms with Crippen molar-refractivity contribution in [3.8, 4) is 5.75 Å². The molecule has 0 amide bonds. The first-order valence-electron chi connectivity index (χ1n) is 7.45. The van der Waals surface area contributed by atoms with Crippen molar-refractivity contribution in [1.82, 2.24) is 0 Å². The summed E-state index contributed by atoms with van der Waals surface area (Å²) in [6.45, 7) is 1.93. The molecule has 0 saturated heterocycles. The number of hydrogen-bond donors (Lipinski definition) is 0. The van der Waals surface area contributed by atoms with Crippen LogP contribution in [0.4, 0.5) is 4.39 Å². The van der Waals surface area contributed by atoms with Gasteiger partial charge in [0.15, 0.2) is 5.70 Å². The number of benzene rings is 2. The van der Waals surface area contributed by atoms with Crippen LogP contribution in [0.1, 0.15) is 16.7 Å². The molecule has 1 aliphatic heterocycles. The molecule has 3 rings (SSSR count). The number of esters is 1. The van der Waals surface area contributed by atoms with Crippen LogP contribution in [0.5, 0.6) is 5.75 Å². The zero-order valence-electron chi connectivity index (χ0n) is 13.4. The summed E-state index contributed by atoms with van der Waals surface area (Å²) in [5, 5.41) is 0. The predicted octanol–water partition coefficient (Wildman–Crippen LogP) is 3.68. The van der Waals surface area contributed by atoms with Crippen LogP contribution in [0.25, 0.3) is 6.08 Å². The average molecular weight is 325 g/mol. The van der Waals surface area contributed by atoms with Gasteiger partial charge in [-0.1, -0.05) is 18.2 Å². The molecule has 0 radical (unpaired) electrons. The maximum atomic E-state index is 12.9. The van der Waals surface area contributed by atoms with E-state index in [0.717, 1.165) is 22.4 Å². The number of rotatable bonds is 4. The van der Waals surface area contributed by atoms with Gasteiger partial charge >= 0.3 is 5.97 Å². The van der Waals surface area contributed by atoms with Gasteiger partial charge in [-0.3, -0.25) is 0 Å². The highest BCUT2D eigenvalue weighted by Gasteiger charge is 2.23. The minimum Gasteiger partial charge on any atom is -0.496 e. The Morgan fingerprint density at radius 1 is 1.21 bits per heavy atom. The van der Waals surface area contributed by atoms with Crippen molar-refractivity contribution in [2.24, 2.45) is 4.99 Å². The molecule has 0 unspecified atom stereocenters. The van der Waals surface area contributed by atoms with Crippen molar-refractivity contribution in [2.75, 3.05) is 7.11 Å². The molecule has 2 aromatic carbocycles. The second-order valence-electron chi connectivity index (χ2n) is 5.46. The van der Waals surface area contributed by atoms with E-state index in [1.54, 1.807) is 25.3 Å². The van der Waals surface area contributed by atoms with Gasteiger partial charge in [0, 0.05) is 6.42 Å². The van der Waals surface area contributed by atoms with E-state index in [2.05, 4.69) is 4.99 Å². The van der Waals surface area contributed by atoms with Gasteiger partial charge in [-0.25, -0.2) is 14.2 Å². The summed E-state index contributed by atoms with van der Waals surface area (Å²) in [5.74, 6) is 0.301. The molecule has 1 heterocycles. The zero-order chi connectivity index (χ0) is 17.1. The lowest BCUT2D eigenvalue weighted by Gasteiger charge is -2.04. The van der Waals surface area contributed by atoms with Crippen LogP contribution < -0.4 is 4.74 Å². The molecule has 0 N–H and O–H groups in total. The molecule has 4 nitrogen and oxygen atoms in total. The largest absolute Gasteiger partial charge is 0.496 e. The molecule has 0 atom stereocenters. The number of aryl methyl sites for hydroxylation is 1. The number of ether oxygens (including phenoxy) is 2. The Morgan fingerprint density at radius 2 is 1.96 bits per heavy atom. The highest BCUT2D eigenvalue weighted by molar-refractivity contribution is 6.07. The van der Waals surface area contributed by atoms with E-state index >= 15 is 0 Å². The average Bonchev–Trinajstić information content (AvgIpc) is 2.89. The van der Waals surface area contributed by atoms with E-state index in [-0.39, 0.29) is 11.5 Å². The van der Waals surface area contributed by atoms with E-state index in [0.29, 0.717) is 12.3 Å². The molecule has 2 aromatic rings. The summed E-state index contributed by atoms with van der Waals surface area (Å²) in [6.07, 6.45) is 2.01. The predicted molar refractivity (Wildman–Crippen MR) is 89.3 cm³/mol. The van der Waals surface area contributed by atoms with Crippen LogP contribution in [0.3, 0.4) is 0 Å². The molecular weight excluding hydrogens is 309 g/mol. The van der Waals surface area contributed by atoms with Crippen molar-refractivity contribution in [2.45, 2.75) is 13.3 Å². The Labute approximate surface area is 139 Å². The summed E-state index contributed by atoms with van der Waals surface area (Å²) in [6, 6.07) is 11.6. The van der Waals surface area contributed by atoms with E-state index in [1.807, 2.05) is 25.1 Å². The van der Waals surface area contributed by atoms with Crippen molar-refractivity contribution in [3.05, 3.63) is 70.7 Å². The third kappa shape index (κ3) is 3.51. The second kappa shape index (κ2) is 6.66. The van der Waals surface area contributed by atoms with Crippen LogP contribution in [0, 0.1) is 12.7 Å². The Hall–Kier alpha value is -2.95. The highest BCUT2D eigenvalue weighted by atomic mass is 19.1. The molecule has 0 aromatic heterocycles. The fraction of sp³-hybridized carbons (Fsp3) is 0.158. The van der Waals surface area contributed by atoms with Gasteiger partial charge in [0.25, 0.3) is 0 Å². The fourth-order valence-electron chi connectivity index (χ4n) is 2.46. The van der Waals surface area contributed by atoms with E-state index in [9.17, 15) is 9.18 Å². The van der Waals surface area contributed by atoms with Crippen LogP contribution in [0.15, 0.2) is 53.2 Å². The maximum absolute atomic E-state index is 12.9. The lowest BCUT2D eigenvalue weighted by atomic mass is 10.1. The third-order valence-electron chi connectivity index (χ3n) is 3.66. The van der Waals surface area contributed by atoms with Crippen molar-refractivity contribution in [3.63, 3.8) is 0 Å². The molecule has 0 spiro atoms. The number of carbonyl (C=O) groups is 1. The van der Waals surface area contributed by atoms with Gasteiger partial charge in [-0.15, -0.1) is 0 Å². The molecule has 0 saturated carbocycles. The second-order valence-corrected chi connectivity index (χ2v) is 5.46. The van der Waals surface area contributed by atoms with Gasteiger partial charge < -0.3 is 9.47 Å². The summed E-state index contributed by atoms with van der Waals surface area (Å²) in [4.78, 5) is 16.2. The van der Waals surface area contributed by atoms with Gasteiger partial charge in [0.2, 0.25) is 5.90 Å². The Kier molecular flexibility index (Phi) is 4.42. The highest BCUT2D eigenvalue weighted by Crippen LogP contribution is 2.22. The van der Waals surface area contributed by atoms with Crippen LogP contribution in [0.2, 0.25) is 0 Å². The standard InChI is InChI=1S/C19H16FNO3/c1-12-9-14(5-8-17(12)23-2)10-16-19(22)24-18(21-16)11-13-3-6-15(20)7-4-13/h3-10H,11H2,1-2H3/b16-10+. The topological polar surface area (TPSA) is 47.9 Å². The lowest BCUT2D eigenvalue weighted by molar-refractivity contribution is -0.130. The Balaban J connectivity index is 1.80. The first-order valence-corrected chi connectivity index (χ1v) is 7.45. The summed E-state index contributed by atoms with van der Waals surface area (Å²) < 4.78 is 23.3. The molecule has 24 heavy (non-hydrogen) atoms. The van der Waals surface area contributed by atoms with Crippen LogP contribution >= 0.6 is 0 Å². The normalized spacial score (nSPS) is 15.4. The van der Waals surface area contributed by atoms with Gasteiger partial charge in [0.05, 0.1) is 7.11 Å². The number of carbonyl (C=O) groups excluding carboxylic acids is 1. The molecule has 0 bridgehead atoms. The van der Waals surface area contributed by atoms with E-state index in [1.165, 1.54) is 12.1 Å². The van der Waals surface area contributed by atoms with Crippen LogP contribution in [-0.2, 0) is 16.0 Å². The minimum absolute atomic E-state index is 0.247. The zero-order valence-corrected chi connectivity index (χ0v) is 13.4. The molecular formula is C19H16FNO3. The quantitative estimate of drug-likeness (QED) is 0.636. The van der Waals surface area contributed by atoms with Gasteiger partial charge in [-0.05, 0) is 54.0 Å². The number of methoxy groups -OCH3 is 1. The number of aliphatic imine (C=N–C) groups is 1. The smallest absolute Gasteiger partial charge is 0.363 e. The van der Waals surface area contributed by atoms with E-state index < -0.39 is 5.97 Å². The Bertz CT molecular complexity index is 838. The van der Waals surface area contributed by atoms with Crippen molar-refractivity contribution < 1.29 is 18.7 Å². The molecule has 0 aliphatic carbocycles. The SMILES string of the molecule is COc1ccc(/C=C2/N=C(Cc3ccc(F)cc3)OC2=O)cc1C. The summed E-state index contributed by atoms with van der Waals surface area (Å²) in [5.41, 5.74) is 2.88. The first-order chi connectivity index (χ1) is 11.5. The number of halogens is 1. The van der Waals surface area contributed by atoms with Crippen molar-refractivity contribution in [1.29, 1.82) is 0 Å². The molecule has 1 aliphatic rings. The maximum Gasteiger partial charge on any atom is 0.363 e. The Morgan fingerprint density at radius 3 is 2.62 bits per heavy atom. The third-order valence-corrected chi connectivity index (χ3v) is 3.66. The monoisotopic (exact) mass is 325 g/mol. The molecule has 122 valence electrons. The van der Waals surface area contributed by atoms with Crippen LogP contribution in [-0.4, -0.2) is 19.0 Å². The number of hydrogen-bond acceptors (Lipinski definition) is 4. The first kappa shape index (κ1) is 15.9. The molecule has 5 heteroatoms. The lowest BCUT2D eigenvalue weighted by Crippen LogP contribution is -2.06. The minimum atomic E-state index is -0.486. The van der Waals surface area contributed by atoms with Gasteiger partial charge in [0.1, 0.15) is 11.6 Å². The van der Waals surface area contributed by atoms with Crippen molar-refractivity contribution >= 4 is 17.9 Å². The van der Waals surface area contributed by atoms with E-state index in [4.69, 9.17) is 9.47 Å². The summed E-state index contributed by atoms with van der Waals surface area (Å²) >= 11 is 0. The molecule has 0 fully saturated rings. The number of cyclic esters (lactones) is 1. The number of nitrogens with zero attached hydrogens (tertiary/aromatic N) is 1. The fourth-order valence-corrected chi connectivity index (χ4v) is 2.46. The summed E-state index contributed by atoms with van der Waals surface area (Å²) in [7, 11) is 1.61. The van der Waals surface area contributed by atoms with Gasteiger partial charge in [-0.2, -0.15) is 0 Å².